The van der Waals surface area contributed by atoms with E-state index >= 15 is 0 Å². The summed E-state index contributed by atoms with van der Waals surface area (Å²) in [4.78, 5) is 0. The Morgan fingerprint density at radius 2 is 2.00 bits per heavy atom. The first-order valence-electron chi connectivity index (χ1n) is 5.65. The highest BCUT2D eigenvalue weighted by Gasteiger charge is 2.05. The van der Waals surface area contributed by atoms with Crippen molar-refractivity contribution in [2.75, 3.05) is 12.4 Å². The molecule has 3 nitrogen and oxygen atoms in total. The Balaban J connectivity index is 2.10. The number of hydrogen-bond donors (Lipinski definition) is 2. The van der Waals surface area contributed by atoms with Gasteiger partial charge in [0.1, 0.15) is 0 Å². The predicted molar refractivity (Wildman–Crippen MR) is 78.4 cm³/mol. The van der Waals surface area contributed by atoms with Gasteiger partial charge in [0.2, 0.25) is 0 Å². The molecule has 0 unspecified atom stereocenters. The fourth-order valence-corrected chi connectivity index (χ4v) is 2.05. The Kier molecular flexibility index (Phi) is 4.40. The van der Waals surface area contributed by atoms with Crippen LogP contribution in [0, 0.1) is 0 Å². The summed E-state index contributed by atoms with van der Waals surface area (Å²) in [6, 6.07) is 10.6. The Bertz CT molecular complexity index is 588. The predicted octanol–water partition coefficient (Wildman–Crippen LogP) is 4.32. The number of nitrogens with one attached hydrogen (secondary N) is 1. The third-order valence-corrected chi connectivity index (χ3v) is 3.50. The molecule has 0 heterocycles. The quantitative estimate of drug-likeness (QED) is 0.883. The molecule has 2 N–H and O–H groups in total. The molecule has 0 aliphatic rings. The highest BCUT2D eigenvalue weighted by molar-refractivity contribution is 6.43. The molecule has 2 aromatic carbocycles. The van der Waals surface area contributed by atoms with Crippen LogP contribution in [0.2, 0.25) is 10.0 Å². The van der Waals surface area contributed by atoms with E-state index in [2.05, 4.69) is 5.32 Å². The Morgan fingerprint density at radius 1 is 1.21 bits per heavy atom. The van der Waals surface area contributed by atoms with Crippen molar-refractivity contribution in [3.8, 4) is 11.5 Å². The van der Waals surface area contributed by atoms with Gasteiger partial charge in [0, 0.05) is 6.54 Å². The first kappa shape index (κ1) is 13.8. The first-order valence-corrected chi connectivity index (χ1v) is 6.41. The molecule has 0 saturated heterocycles. The van der Waals surface area contributed by atoms with Crippen LogP contribution in [-0.4, -0.2) is 12.2 Å². The molecule has 0 saturated carbocycles. The van der Waals surface area contributed by atoms with Gasteiger partial charge < -0.3 is 15.2 Å². The summed E-state index contributed by atoms with van der Waals surface area (Å²) >= 11 is 12.0. The topological polar surface area (TPSA) is 41.5 Å². The molecule has 0 amide bonds. The number of rotatable bonds is 4. The van der Waals surface area contributed by atoms with E-state index in [4.69, 9.17) is 27.9 Å². The molecule has 0 spiro atoms. The average molecular weight is 298 g/mol. The summed E-state index contributed by atoms with van der Waals surface area (Å²) in [6.45, 7) is 0.525. The zero-order chi connectivity index (χ0) is 13.8. The van der Waals surface area contributed by atoms with Gasteiger partial charge in [-0.2, -0.15) is 0 Å². The van der Waals surface area contributed by atoms with Gasteiger partial charge in [-0.25, -0.2) is 0 Å². The summed E-state index contributed by atoms with van der Waals surface area (Å²) in [5.74, 6) is 0.559. The molecule has 0 aromatic heterocycles. The van der Waals surface area contributed by atoms with Gasteiger partial charge in [-0.05, 0) is 29.8 Å². The monoisotopic (exact) mass is 297 g/mol. The molecular weight excluding hydrogens is 285 g/mol. The number of halogens is 2. The van der Waals surface area contributed by atoms with Crippen molar-refractivity contribution in [2.24, 2.45) is 0 Å². The van der Waals surface area contributed by atoms with E-state index in [1.54, 1.807) is 18.2 Å². The van der Waals surface area contributed by atoms with Gasteiger partial charge in [0.25, 0.3) is 0 Å². The second-order valence-electron chi connectivity index (χ2n) is 3.96. The molecule has 19 heavy (non-hydrogen) atoms. The van der Waals surface area contributed by atoms with Gasteiger partial charge in [-0.15, -0.1) is 0 Å². The molecule has 100 valence electrons. The number of phenols is 1. The molecule has 2 rings (SSSR count). The van der Waals surface area contributed by atoms with Crippen LogP contribution < -0.4 is 10.1 Å². The standard InChI is InChI=1S/C14H13Cl2NO2/c1-19-13-6-5-9(7-12(13)18)8-17-11-4-2-3-10(15)14(11)16/h2-7,17-18H,8H2,1H3. The summed E-state index contributed by atoms with van der Waals surface area (Å²) < 4.78 is 4.99. The maximum atomic E-state index is 9.69. The van der Waals surface area contributed by atoms with Gasteiger partial charge in [0.15, 0.2) is 11.5 Å². The van der Waals surface area contributed by atoms with Crippen molar-refractivity contribution in [1.29, 1.82) is 0 Å². The number of methoxy groups -OCH3 is 1. The lowest BCUT2D eigenvalue weighted by atomic mass is 10.2. The largest absolute Gasteiger partial charge is 0.504 e. The van der Waals surface area contributed by atoms with E-state index in [9.17, 15) is 5.11 Å². The second kappa shape index (κ2) is 6.04. The van der Waals surface area contributed by atoms with Gasteiger partial charge in [-0.1, -0.05) is 35.3 Å². The zero-order valence-electron chi connectivity index (χ0n) is 10.3. The van der Waals surface area contributed by atoms with Crippen molar-refractivity contribution >= 4 is 28.9 Å². The number of ether oxygens (including phenoxy) is 1. The lowest BCUT2D eigenvalue weighted by Crippen LogP contribution is -2.00. The summed E-state index contributed by atoms with van der Waals surface area (Å²) in [7, 11) is 1.51. The first-order chi connectivity index (χ1) is 9.11. The smallest absolute Gasteiger partial charge is 0.160 e. The molecule has 0 bridgehead atoms. The third-order valence-electron chi connectivity index (χ3n) is 2.68. The third kappa shape index (κ3) is 3.25. The lowest BCUT2D eigenvalue weighted by molar-refractivity contribution is 0.373. The highest BCUT2D eigenvalue weighted by Crippen LogP contribution is 2.30. The SMILES string of the molecule is COc1ccc(CNc2cccc(Cl)c2Cl)cc1O. The minimum absolute atomic E-state index is 0.110. The Labute approximate surface area is 121 Å². The van der Waals surface area contributed by atoms with Crippen molar-refractivity contribution in [2.45, 2.75) is 6.54 Å². The number of benzene rings is 2. The van der Waals surface area contributed by atoms with E-state index < -0.39 is 0 Å². The van der Waals surface area contributed by atoms with E-state index in [1.807, 2.05) is 18.2 Å². The van der Waals surface area contributed by atoms with E-state index in [0.29, 0.717) is 22.3 Å². The number of aromatic hydroxyl groups is 1. The minimum atomic E-state index is 0.110. The average Bonchev–Trinajstić information content (AvgIpc) is 2.40. The minimum Gasteiger partial charge on any atom is -0.504 e. The maximum absolute atomic E-state index is 9.69. The Morgan fingerprint density at radius 3 is 2.68 bits per heavy atom. The molecule has 0 aliphatic heterocycles. The summed E-state index contributed by atoms with van der Waals surface area (Å²) in [5, 5.41) is 13.8. The van der Waals surface area contributed by atoms with Crippen molar-refractivity contribution in [3.63, 3.8) is 0 Å². The van der Waals surface area contributed by atoms with Crippen LogP contribution in [0.3, 0.4) is 0 Å². The molecule has 0 radical (unpaired) electrons. The second-order valence-corrected chi connectivity index (χ2v) is 4.75. The van der Waals surface area contributed by atoms with Crippen molar-refractivity contribution in [1.82, 2.24) is 0 Å². The molecular formula is C14H13Cl2NO2. The molecule has 2 aromatic rings. The van der Waals surface area contributed by atoms with E-state index in [0.717, 1.165) is 11.3 Å². The number of phenolic OH excluding ortho intramolecular Hbond substituents is 1. The van der Waals surface area contributed by atoms with Crippen LogP contribution in [0.1, 0.15) is 5.56 Å². The van der Waals surface area contributed by atoms with E-state index in [-0.39, 0.29) is 5.75 Å². The van der Waals surface area contributed by atoms with Gasteiger partial charge in [-0.3, -0.25) is 0 Å². The fraction of sp³-hybridized carbons (Fsp3) is 0.143. The highest BCUT2D eigenvalue weighted by atomic mass is 35.5. The molecule has 0 fully saturated rings. The zero-order valence-corrected chi connectivity index (χ0v) is 11.8. The molecule has 0 atom stereocenters. The molecule has 0 aliphatic carbocycles. The van der Waals surface area contributed by atoms with Gasteiger partial charge >= 0.3 is 0 Å². The van der Waals surface area contributed by atoms with Crippen LogP contribution >= 0.6 is 23.2 Å². The fourth-order valence-electron chi connectivity index (χ4n) is 1.68. The number of anilines is 1. The van der Waals surface area contributed by atoms with Gasteiger partial charge in [0.05, 0.1) is 22.8 Å². The number of hydrogen-bond acceptors (Lipinski definition) is 3. The van der Waals surface area contributed by atoms with Crippen molar-refractivity contribution in [3.05, 3.63) is 52.0 Å². The lowest BCUT2D eigenvalue weighted by Gasteiger charge is -2.10. The van der Waals surface area contributed by atoms with E-state index in [1.165, 1.54) is 7.11 Å². The van der Waals surface area contributed by atoms with Crippen LogP contribution in [0.4, 0.5) is 5.69 Å². The summed E-state index contributed by atoms with van der Waals surface area (Å²) in [6.07, 6.45) is 0. The molecule has 5 heteroatoms. The van der Waals surface area contributed by atoms with Crippen LogP contribution in [0.15, 0.2) is 36.4 Å². The normalized spacial score (nSPS) is 10.3. The summed E-state index contributed by atoms with van der Waals surface area (Å²) in [5.41, 5.74) is 1.67. The maximum Gasteiger partial charge on any atom is 0.160 e. The van der Waals surface area contributed by atoms with Crippen LogP contribution in [-0.2, 0) is 6.54 Å². The Hall–Kier alpha value is -1.58. The van der Waals surface area contributed by atoms with Crippen molar-refractivity contribution < 1.29 is 9.84 Å². The van der Waals surface area contributed by atoms with Crippen LogP contribution in [0.25, 0.3) is 0 Å². The van der Waals surface area contributed by atoms with Crippen LogP contribution in [0.5, 0.6) is 11.5 Å².